The van der Waals surface area contributed by atoms with E-state index in [4.69, 9.17) is 4.74 Å². The van der Waals surface area contributed by atoms with E-state index in [1.165, 1.54) is 2.81 Å². The molecule has 0 spiro atoms. The van der Waals surface area contributed by atoms with Crippen molar-refractivity contribution in [3.63, 3.8) is 0 Å². The first-order valence-electron chi connectivity index (χ1n) is 4.64. The van der Waals surface area contributed by atoms with Gasteiger partial charge in [-0.2, -0.15) is 0 Å². The van der Waals surface area contributed by atoms with Crippen LogP contribution >= 0.6 is 0 Å². The summed E-state index contributed by atoms with van der Waals surface area (Å²) in [5.41, 5.74) is 0. The SMILES string of the molecule is [Na][c]1ccc(Oc2ccccc2)cc1. The second kappa shape index (κ2) is 4.65. The Morgan fingerprint density at radius 2 is 1.29 bits per heavy atom. The van der Waals surface area contributed by atoms with Crippen LogP contribution < -0.4 is 7.55 Å². The molecule has 2 rings (SSSR count). The van der Waals surface area contributed by atoms with E-state index in [2.05, 4.69) is 12.1 Å². The van der Waals surface area contributed by atoms with Gasteiger partial charge < -0.3 is 0 Å². The van der Waals surface area contributed by atoms with Crippen molar-refractivity contribution in [2.24, 2.45) is 0 Å². The first-order chi connectivity index (χ1) is 6.84. The summed E-state index contributed by atoms with van der Waals surface area (Å²) >= 11 is 1.09. The Hall–Kier alpha value is -0.760. The van der Waals surface area contributed by atoms with E-state index in [-0.39, 0.29) is 0 Å². The first kappa shape index (κ1) is 9.78. The van der Waals surface area contributed by atoms with E-state index < -0.39 is 0 Å². The van der Waals surface area contributed by atoms with Crippen LogP contribution in [0.5, 0.6) is 11.5 Å². The van der Waals surface area contributed by atoms with E-state index in [0.29, 0.717) is 0 Å². The molecule has 0 aliphatic carbocycles. The van der Waals surface area contributed by atoms with E-state index in [1.54, 1.807) is 0 Å². The zero-order valence-corrected chi connectivity index (χ0v) is 10.1. The molecule has 0 N–H and O–H groups in total. The van der Waals surface area contributed by atoms with Gasteiger partial charge in [0, 0.05) is 0 Å². The van der Waals surface area contributed by atoms with Gasteiger partial charge in [-0.05, 0) is 0 Å². The summed E-state index contributed by atoms with van der Waals surface area (Å²) in [6, 6.07) is 18.0. The van der Waals surface area contributed by atoms with E-state index in [9.17, 15) is 0 Å². The number of ether oxygens (including phenoxy) is 1. The Morgan fingerprint density at radius 1 is 0.714 bits per heavy atom. The van der Waals surface area contributed by atoms with Crippen LogP contribution in [-0.2, 0) is 0 Å². The maximum absolute atomic E-state index is 5.65. The molecule has 0 aromatic heterocycles. The quantitative estimate of drug-likeness (QED) is 0.663. The first-order valence-corrected chi connectivity index (χ1v) is 5.64. The van der Waals surface area contributed by atoms with E-state index >= 15 is 0 Å². The fourth-order valence-corrected chi connectivity index (χ4v) is 1.56. The van der Waals surface area contributed by atoms with Crippen LogP contribution in [0.4, 0.5) is 0 Å². The standard InChI is InChI=1S/C12H9O.Na/c1-3-7-11(8-4-1)13-12-9-5-2-6-10-12;/h1,3-10H;. The second-order valence-electron chi connectivity index (χ2n) is 3.23. The third-order valence-corrected chi connectivity index (χ3v) is 2.67. The number of hydrogen-bond acceptors (Lipinski definition) is 1. The molecule has 2 aromatic rings. The molecule has 0 aliphatic heterocycles. The van der Waals surface area contributed by atoms with Gasteiger partial charge in [-0.25, -0.2) is 0 Å². The molecule has 64 valence electrons. The molecule has 0 amide bonds. The van der Waals surface area contributed by atoms with Gasteiger partial charge in [0.25, 0.3) is 0 Å². The van der Waals surface area contributed by atoms with Crippen LogP contribution in [0.15, 0.2) is 54.6 Å². The predicted molar refractivity (Wildman–Crippen MR) is 58.3 cm³/mol. The number of rotatable bonds is 2. The third-order valence-electron chi connectivity index (χ3n) is 2.00. The van der Waals surface area contributed by atoms with Gasteiger partial charge >= 0.3 is 102 Å². The second-order valence-corrected chi connectivity index (χ2v) is 4.38. The van der Waals surface area contributed by atoms with Crippen molar-refractivity contribution in [3.05, 3.63) is 54.6 Å². The minimum atomic E-state index is 0.883. The molecule has 2 aromatic carbocycles. The fourth-order valence-electron chi connectivity index (χ4n) is 1.23. The summed E-state index contributed by atoms with van der Waals surface area (Å²) in [6.45, 7) is 0. The van der Waals surface area contributed by atoms with Crippen LogP contribution in [0, 0.1) is 0 Å². The van der Waals surface area contributed by atoms with Crippen LogP contribution in [0.1, 0.15) is 0 Å². The van der Waals surface area contributed by atoms with Crippen LogP contribution in [0.25, 0.3) is 0 Å². The number of benzene rings is 2. The average Bonchev–Trinajstić information content (AvgIpc) is 2.23. The monoisotopic (exact) mass is 192 g/mol. The summed E-state index contributed by atoms with van der Waals surface area (Å²) in [4.78, 5) is 0. The molecule has 0 heterocycles. The molecule has 2 heteroatoms. The molecular formula is C12H9NaO. The summed E-state index contributed by atoms with van der Waals surface area (Å²) in [6.07, 6.45) is 0. The molecule has 0 saturated heterocycles. The van der Waals surface area contributed by atoms with E-state index in [0.717, 1.165) is 39.4 Å². The van der Waals surface area contributed by atoms with Gasteiger partial charge in [-0.3, -0.25) is 0 Å². The van der Waals surface area contributed by atoms with Crippen molar-refractivity contribution in [2.75, 3.05) is 0 Å². The summed E-state index contributed by atoms with van der Waals surface area (Å²) in [5, 5.41) is 0. The zero-order valence-electron chi connectivity index (χ0n) is 8.10. The Morgan fingerprint density at radius 3 is 1.93 bits per heavy atom. The molecule has 1 nitrogen and oxygen atoms in total. The third kappa shape index (κ3) is 2.61. The van der Waals surface area contributed by atoms with Crippen molar-refractivity contribution in [2.45, 2.75) is 0 Å². The molecule has 0 atom stereocenters. The van der Waals surface area contributed by atoms with E-state index in [1.807, 2.05) is 42.5 Å². The molecule has 0 bridgehead atoms. The molecular weight excluding hydrogens is 183 g/mol. The Kier molecular flexibility index (Phi) is 3.25. The minimum absolute atomic E-state index is 0.883. The Balaban J connectivity index is 2.16. The summed E-state index contributed by atoms with van der Waals surface area (Å²) in [7, 11) is 0. The predicted octanol–water partition coefficient (Wildman–Crippen LogP) is 2.27. The van der Waals surface area contributed by atoms with Crippen LogP contribution in [-0.4, -0.2) is 27.9 Å². The van der Waals surface area contributed by atoms with Gasteiger partial charge in [-0.15, -0.1) is 0 Å². The molecule has 0 aliphatic rings. The summed E-state index contributed by atoms with van der Waals surface area (Å²) < 4.78 is 7.03. The van der Waals surface area contributed by atoms with Crippen molar-refractivity contribution in [3.8, 4) is 11.5 Å². The van der Waals surface area contributed by atoms with Gasteiger partial charge in [0.1, 0.15) is 0 Å². The number of para-hydroxylation sites is 1. The van der Waals surface area contributed by atoms with Gasteiger partial charge in [0.15, 0.2) is 0 Å². The van der Waals surface area contributed by atoms with Crippen LogP contribution in [0.2, 0.25) is 0 Å². The molecule has 0 fully saturated rings. The van der Waals surface area contributed by atoms with Crippen molar-refractivity contribution in [1.29, 1.82) is 0 Å². The van der Waals surface area contributed by atoms with Crippen molar-refractivity contribution in [1.82, 2.24) is 0 Å². The van der Waals surface area contributed by atoms with Crippen LogP contribution in [0.3, 0.4) is 0 Å². The fraction of sp³-hybridized carbons (Fsp3) is 0. The summed E-state index contributed by atoms with van der Waals surface area (Å²) in [5.74, 6) is 1.78. The Labute approximate surface area is 101 Å². The molecule has 14 heavy (non-hydrogen) atoms. The molecule has 0 unspecified atom stereocenters. The average molecular weight is 192 g/mol. The van der Waals surface area contributed by atoms with Crippen molar-refractivity contribution >= 4 is 30.7 Å². The topological polar surface area (TPSA) is 9.23 Å². The normalized spacial score (nSPS) is 9.86. The van der Waals surface area contributed by atoms with Crippen molar-refractivity contribution < 1.29 is 4.74 Å². The zero-order chi connectivity index (χ0) is 9.80. The van der Waals surface area contributed by atoms with Gasteiger partial charge in [0.2, 0.25) is 0 Å². The number of hydrogen-bond donors (Lipinski definition) is 0. The molecule has 0 radical (unpaired) electrons. The van der Waals surface area contributed by atoms with Gasteiger partial charge in [-0.1, -0.05) is 0 Å². The Bertz CT molecular complexity index is 394. The molecule has 0 saturated carbocycles. The van der Waals surface area contributed by atoms with Gasteiger partial charge in [0.05, 0.1) is 0 Å². The maximum atomic E-state index is 5.65.